The van der Waals surface area contributed by atoms with Gasteiger partial charge in [0, 0.05) is 18.9 Å². The number of hydrogen-bond acceptors (Lipinski definition) is 4. The third-order valence-corrected chi connectivity index (χ3v) is 3.66. The third-order valence-electron chi connectivity index (χ3n) is 2.69. The van der Waals surface area contributed by atoms with E-state index in [4.69, 9.17) is 10.5 Å². The van der Waals surface area contributed by atoms with Crippen LogP contribution in [0.15, 0.2) is 30.3 Å². The number of ether oxygens (including phenoxy) is 1. The van der Waals surface area contributed by atoms with Crippen LogP contribution in [0.4, 0.5) is 0 Å². The molecule has 0 aromatic heterocycles. The van der Waals surface area contributed by atoms with E-state index in [9.17, 15) is 8.42 Å². The van der Waals surface area contributed by atoms with Gasteiger partial charge in [-0.1, -0.05) is 30.3 Å². The summed E-state index contributed by atoms with van der Waals surface area (Å²) in [5.41, 5.74) is 7.04. The van der Waals surface area contributed by atoms with Gasteiger partial charge in [-0.3, -0.25) is 0 Å². The fourth-order valence-electron chi connectivity index (χ4n) is 1.79. The molecule has 0 bridgehead atoms. The van der Waals surface area contributed by atoms with Gasteiger partial charge in [-0.25, -0.2) is 8.42 Å². The summed E-state index contributed by atoms with van der Waals surface area (Å²) in [7, 11) is -2.99. The van der Waals surface area contributed by atoms with Crippen molar-refractivity contribution in [3.63, 3.8) is 0 Å². The molecule has 2 unspecified atom stereocenters. The maximum atomic E-state index is 11.2. The Morgan fingerprint density at radius 1 is 1.28 bits per heavy atom. The highest BCUT2D eigenvalue weighted by Gasteiger charge is 2.21. The van der Waals surface area contributed by atoms with Crippen LogP contribution in [-0.4, -0.2) is 33.1 Å². The Balaban J connectivity index is 2.73. The summed E-state index contributed by atoms with van der Waals surface area (Å²) in [4.78, 5) is 0. The van der Waals surface area contributed by atoms with Crippen molar-refractivity contribution in [3.05, 3.63) is 35.9 Å². The Hall–Kier alpha value is -0.910. The molecule has 1 aromatic carbocycles. The van der Waals surface area contributed by atoms with Gasteiger partial charge in [-0.2, -0.15) is 0 Å². The maximum absolute atomic E-state index is 11.2. The Morgan fingerprint density at radius 3 is 2.39 bits per heavy atom. The van der Waals surface area contributed by atoms with Crippen molar-refractivity contribution in [2.24, 2.45) is 5.73 Å². The first-order valence-electron chi connectivity index (χ1n) is 6.04. The monoisotopic (exact) mass is 271 g/mol. The van der Waals surface area contributed by atoms with Crippen molar-refractivity contribution < 1.29 is 13.2 Å². The summed E-state index contributed by atoms with van der Waals surface area (Å²) >= 11 is 0. The summed E-state index contributed by atoms with van der Waals surface area (Å²) in [6.07, 6.45) is 1.37. The van der Waals surface area contributed by atoms with Crippen LogP contribution >= 0.6 is 0 Å². The summed E-state index contributed by atoms with van der Waals surface area (Å²) in [5, 5.41) is 0. The quantitative estimate of drug-likeness (QED) is 0.816. The van der Waals surface area contributed by atoms with Crippen LogP contribution in [0, 0.1) is 0 Å². The molecular formula is C13H21NO3S. The molecule has 0 spiro atoms. The van der Waals surface area contributed by atoms with Gasteiger partial charge in [0.25, 0.3) is 0 Å². The van der Waals surface area contributed by atoms with Crippen LogP contribution in [0.3, 0.4) is 0 Å². The van der Waals surface area contributed by atoms with Gasteiger partial charge in [0.2, 0.25) is 0 Å². The van der Waals surface area contributed by atoms with E-state index in [1.165, 1.54) is 6.26 Å². The van der Waals surface area contributed by atoms with E-state index in [2.05, 4.69) is 0 Å². The number of nitrogens with two attached hydrogens (primary N) is 1. The van der Waals surface area contributed by atoms with E-state index in [1.807, 2.05) is 37.3 Å². The highest BCUT2D eigenvalue weighted by molar-refractivity contribution is 7.90. The lowest BCUT2D eigenvalue weighted by molar-refractivity contribution is 0.0426. The fourth-order valence-corrected chi connectivity index (χ4v) is 2.49. The molecule has 2 atom stereocenters. The van der Waals surface area contributed by atoms with Crippen LogP contribution in [0.5, 0.6) is 0 Å². The molecule has 0 saturated carbocycles. The van der Waals surface area contributed by atoms with Crippen LogP contribution in [0.25, 0.3) is 0 Å². The van der Waals surface area contributed by atoms with Gasteiger partial charge in [0.1, 0.15) is 9.84 Å². The zero-order valence-electron chi connectivity index (χ0n) is 10.9. The summed E-state index contributed by atoms with van der Waals surface area (Å²) in [5.74, 6) is 0.0879. The number of rotatable bonds is 7. The first-order valence-corrected chi connectivity index (χ1v) is 8.10. The lowest BCUT2D eigenvalue weighted by Crippen LogP contribution is -2.32. The van der Waals surface area contributed by atoms with Gasteiger partial charge in [0.15, 0.2) is 0 Å². The standard InChI is InChI=1S/C13H21NO3S/c1-3-17-13(11-7-5-4-6-8-11)12(14)9-10-18(2,15)16/h4-8,12-13H,3,9-10,14H2,1-2H3. The molecule has 0 heterocycles. The van der Waals surface area contributed by atoms with Crippen molar-refractivity contribution in [1.82, 2.24) is 0 Å². The smallest absolute Gasteiger partial charge is 0.147 e. The van der Waals surface area contributed by atoms with Crippen molar-refractivity contribution in [3.8, 4) is 0 Å². The van der Waals surface area contributed by atoms with Crippen LogP contribution in [0.2, 0.25) is 0 Å². The normalized spacial score (nSPS) is 15.3. The summed E-state index contributed by atoms with van der Waals surface area (Å²) in [6, 6.07) is 9.34. The topological polar surface area (TPSA) is 69.4 Å². The molecule has 4 nitrogen and oxygen atoms in total. The molecule has 0 aliphatic carbocycles. The molecule has 0 amide bonds. The minimum Gasteiger partial charge on any atom is -0.372 e. The van der Waals surface area contributed by atoms with Crippen LogP contribution in [-0.2, 0) is 14.6 Å². The molecular weight excluding hydrogens is 250 g/mol. The first kappa shape index (κ1) is 15.1. The lowest BCUT2D eigenvalue weighted by Gasteiger charge is -2.24. The van der Waals surface area contributed by atoms with E-state index in [0.717, 1.165) is 5.56 Å². The Kier molecular flexibility index (Phi) is 5.78. The molecule has 1 rings (SSSR count). The second-order valence-corrected chi connectivity index (χ2v) is 6.63. The highest BCUT2D eigenvalue weighted by atomic mass is 32.2. The zero-order valence-corrected chi connectivity index (χ0v) is 11.7. The fraction of sp³-hybridized carbons (Fsp3) is 0.538. The van der Waals surface area contributed by atoms with Gasteiger partial charge in [-0.15, -0.1) is 0 Å². The largest absolute Gasteiger partial charge is 0.372 e. The van der Waals surface area contributed by atoms with Crippen molar-refractivity contribution >= 4 is 9.84 Å². The minimum atomic E-state index is -2.99. The van der Waals surface area contributed by atoms with E-state index in [-0.39, 0.29) is 17.9 Å². The molecule has 0 fully saturated rings. The maximum Gasteiger partial charge on any atom is 0.147 e. The Bertz CT molecular complexity index is 445. The van der Waals surface area contributed by atoms with Crippen molar-refractivity contribution in [2.75, 3.05) is 18.6 Å². The minimum absolute atomic E-state index is 0.0879. The number of benzene rings is 1. The average Bonchev–Trinajstić information content (AvgIpc) is 2.33. The van der Waals surface area contributed by atoms with Gasteiger partial charge in [0.05, 0.1) is 11.9 Å². The predicted molar refractivity (Wildman–Crippen MR) is 73.1 cm³/mol. The predicted octanol–water partition coefficient (Wildman–Crippen LogP) is 1.53. The highest BCUT2D eigenvalue weighted by Crippen LogP contribution is 2.22. The first-order chi connectivity index (χ1) is 8.44. The van der Waals surface area contributed by atoms with E-state index in [0.29, 0.717) is 13.0 Å². The second kappa shape index (κ2) is 6.87. The Labute approximate surface area is 109 Å². The SMILES string of the molecule is CCOC(c1ccccc1)C(N)CCS(C)(=O)=O. The van der Waals surface area contributed by atoms with Gasteiger partial charge in [-0.05, 0) is 18.9 Å². The molecule has 0 aliphatic rings. The molecule has 2 N–H and O–H groups in total. The van der Waals surface area contributed by atoms with E-state index in [1.54, 1.807) is 0 Å². The molecule has 0 radical (unpaired) electrons. The molecule has 1 aromatic rings. The molecule has 0 saturated heterocycles. The van der Waals surface area contributed by atoms with Crippen molar-refractivity contribution in [2.45, 2.75) is 25.5 Å². The number of hydrogen-bond donors (Lipinski definition) is 1. The molecule has 18 heavy (non-hydrogen) atoms. The molecule has 102 valence electrons. The van der Waals surface area contributed by atoms with Crippen LogP contribution < -0.4 is 5.73 Å². The molecule has 0 aliphatic heterocycles. The lowest BCUT2D eigenvalue weighted by atomic mass is 10.0. The van der Waals surface area contributed by atoms with E-state index < -0.39 is 9.84 Å². The average molecular weight is 271 g/mol. The molecule has 5 heteroatoms. The van der Waals surface area contributed by atoms with Gasteiger partial charge < -0.3 is 10.5 Å². The van der Waals surface area contributed by atoms with Crippen molar-refractivity contribution in [1.29, 1.82) is 0 Å². The third kappa shape index (κ3) is 5.16. The zero-order chi connectivity index (χ0) is 13.6. The second-order valence-electron chi connectivity index (χ2n) is 4.37. The summed E-state index contributed by atoms with van der Waals surface area (Å²) in [6.45, 7) is 2.45. The van der Waals surface area contributed by atoms with Gasteiger partial charge >= 0.3 is 0 Å². The summed E-state index contributed by atoms with van der Waals surface area (Å²) < 4.78 is 27.9. The van der Waals surface area contributed by atoms with Crippen LogP contribution in [0.1, 0.15) is 25.0 Å². The van der Waals surface area contributed by atoms with E-state index >= 15 is 0 Å². The number of sulfone groups is 1. The Morgan fingerprint density at radius 2 is 1.89 bits per heavy atom.